The number of aliphatic hydroxyl groups is 1. The number of aryl methyl sites for hydroxylation is 1. The molecule has 2 aromatic carbocycles. The Bertz CT molecular complexity index is 985. The van der Waals surface area contributed by atoms with Gasteiger partial charge in [-0.25, -0.2) is 4.39 Å². The van der Waals surface area contributed by atoms with Gasteiger partial charge in [-0.1, -0.05) is 18.2 Å². The molecule has 2 atom stereocenters. The van der Waals surface area contributed by atoms with E-state index in [9.17, 15) is 23.0 Å². The minimum absolute atomic E-state index is 0.131. The second-order valence-corrected chi connectivity index (χ2v) is 9.68. The fourth-order valence-corrected chi connectivity index (χ4v) is 4.65. The van der Waals surface area contributed by atoms with Crippen LogP contribution >= 0.6 is 0 Å². The number of phenolic OH excluding ortho intramolecular Hbond substituents is 1. The Morgan fingerprint density at radius 2 is 1.73 bits per heavy atom. The van der Waals surface area contributed by atoms with E-state index in [2.05, 4.69) is 4.90 Å². The first-order chi connectivity index (χ1) is 14.0. The molecule has 0 spiro atoms. The number of aromatic hydroxyl groups is 1. The van der Waals surface area contributed by atoms with Crippen molar-refractivity contribution in [3.63, 3.8) is 0 Å². The average molecular weight is 438 g/mol. The van der Waals surface area contributed by atoms with Gasteiger partial charge in [0.15, 0.2) is 0 Å². The molecule has 1 fully saturated rings. The summed E-state index contributed by atoms with van der Waals surface area (Å²) in [6.45, 7) is 4.68. The predicted molar refractivity (Wildman–Crippen MR) is 112 cm³/mol. The highest BCUT2D eigenvalue weighted by atomic mass is 32.2. The van der Waals surface area contributed by atoms with Crippen LogP contribution in [0.4, 0.5) is 4.39 Å². The molecule has 0 saturated carbocycles. The number of phenols is 1. The van der Waals surface area contributed by atoms with Gasteiger partial charge in [0.1, 0.15) is 17.7 Å². The number of nitrogens with zero attached hydrogens (tertiary/aromatic N) is 1. The number of hydrogen-bond donors (Lipinski definition) is 2. The van der Waals surface area contributed by atoms with Crippen molar-refractivity contribution < 1.29 is 27.2 Å². The molecule has 3 rings (SSSR count). The predicted octanol–water partition coefficient (Wildman–Crippen LogP) is 3.23. The summed E-state index contributed by atoms with van der Waals surface area (Å²) in [5, 5.41) is 20.8. The lowest BCUT2D eigenvalue weighted by Gasteiger charge is -2.42. The van der Waals surface area contributed by atoms with E-state index in [0.717, 1.165) is 6.26 Å². The van der Waals surface area contributed by atoms with Crippen LogP contribution in [-0.4, -0.2) is 48.9 Å². The van der Waals surface area contributed by atoms with E-state index in [4.69, 9.17) is 4.18 Å². The van der Waals surface area contributed by atoms with Crippen LogP contribution in [-0.2, 0) is 19.9 Å². The number of rotatable bonds is 6. The minimum atomic E-state index is -3.72. The summed E-state index contributed by atoms with van der Waals surface area (Å²) < 4.78 is 42.5. The van der Waals surface area contributed by atoms with Crippen molar-refractivity contribution in [1.29, 1.82) is 0 Å². The highest BCUT2D eigenvalue weighted by Crippen LogP contribution is 2.36. The third kappa shape index (κ3) is 5.18. The van der Waals surface area contributed by atoms with Gasteiger partial charge >= 0.3 is 0 Å². The van der Waals surface area contributed by atoms with E-state index < -0.39 is 21.8 Å². The molecule has 2 aromatic rings. The number of benzene rings is 2. The Labute approximate surface area is 177 Å². The van der Waals surface area contributed by atoms with Crippen LogP contribution < -0.4 is 0 Å². The molecule has 8 heteroatoms. The van der Waals surface area contributed by atoms with Gasteiger partial charge in [-0.2, -0.15) is 8.42 Å². The summed E-state index contributed by atoms with van der Waals surface area (Å²) in [7, 11) is -3.72. The van der Waals surface area contributed by atoms with Gasteiger partial charge in [0, 0.05) is 19.1 Å². The van der Waals surface area contributed by atoms with E-state index in [1.165, 1.54) is 18.2 Å². The fraction of sp³-hybridized carbons (Fsp3) is 0.455. The summed E-state index contributed by atoms with van der Waals surface area (Å²) >= 11 is 0. The van der Waals surface area contributed by atoms with Gasteiger partial charge < -0.3 is 10.2 Å². The van der Waals surface area contributed by atoms with E-state index in [0.29, 0.717) is 42.6 Å². The first-order valence-corrected chi connectivity index (χ1v) is 11.7. The third-order valence-electron chi connectivity index (χ3n) is 5.85. The minimum Gasteiger partial charge on any atom is -0.508 e. The lowest BCUT2D eigenvalue weighted by Crippen LogP contribution is -2.48. The standard InChI is InChI=1S/C22H28FNO5S/c1-15-14-17(4-9-20(15)25)21(29-30(3,27)28)16(2)24-12-10-22(26,11-13-24)18-5-7-19(23)8-6-18/h4-9,14,16,21,25-26H,10-13H2,1-3H3/t16-,21+/m1/s1. The molecule has 1 aliphatic heterocycles. The second-order valence-electron chi connectivity index (χ2n) is 8.08. The lowest BCUT2D eigenvalue weighted by molar-refractivity contribution is -0.0465. The topological polar surface area (TPSA) is 87.1 Å². The zero-order valence-corrected chi connectivity index (χ0v) is 18.2. The van der Waals surface area contributed by atoms with Crippen molar-refractivity contribution in [2.45, 2.75) is 44.4 Å². The Morgan fingerprint density at radius 1 is 1.13 bits per heavy atom. The SMILES string of the molecule is Cc1cc([C@@H](OS(C)(=O)=O)[C@@H](C)N2CCC(O)(c3ccc(F)cc3)CC2)ccc1O. The molecule has 1 saturated heterocycles. The molecule has 0 amide bonds. The first kappa shape index (κ1) is 22.7. The van der Waals surface area contributed by atoms with Crippen molar-refractivity contribution in [2.24, 2.45) is 0 Å². The molecule has 164 valence electrons. The summed E-state index contributed by atoms with van der Waals surface area (Å²) in [6, 6.07) is 10.5. The van der Waals surface area contributed by atoms with Gasteiger partial charge in [0.25, 0.3) is 10.1 Å². The van der Waals surface area contributed by atoms with E-state index in [1.807, 2.05) is 6.92 Å². The molecule has 1 aliphatic rings. The van der Waals surface area contributed by atoms with Gasteiger partial charge in [-0.3, -0.25) is 9.08 Å². The molecule has 6 nitrogen and oxygen atoms in total. The van der Waals surface area contributed by atoms with Crippen molar-refractivity contribution in [3.05, 3.63) is 65.0 Å². The van der Waals surface area contributed by atoms with E-state index >= 15 is 0 Å². The highest BCUT2D eigenvalue weighted by molar-refractivity contribution is 7.86. The van der Waals surface area contributed by atoms with Crippen molar-refractivity contribution in [2.75, 3.05) is 19.3 Å². The van der Waals surface area contributed by atoms with Crippen LogP contribution in [0.2, 0.25) is 0 Å². The van der Waals surface area contributed by atoms with E-state index in [-0.39, 0.29) is 17.6 Å². The quantitative estimate of drug-likeness (QED) is 0.675. The van der Waals surface area contributed by atoms with Crippen LogP contribution in [0.1, 0.15) is 42.6 Å². The number of halogens is 1. The summed E-state index contributed by atoms with van der Waals surface area (Å²) in [4.78, 5) is 2.08. The molecule has 1 heterocycles. The maximum atomic E-state index is 13.2. The molecular weight excluding hydrogens is 409 g/mol. The molecule has 0 aliphatic carbocycles. The number of likely N-dealkylation sites (tertiary alicyclic amines) is 1. The maximum Gasteiger partial charge on any atom is 0.265 e. The number of piperidine rings is 1. The van der Waals surface area contributed by atoms with Crippen LogP contribution in [0.5, 0.6) is 5.75 Å². The molecule has 30 heavy (non-hydrogen) atoms. The largest absolute Gasteiger partial charge is 0.508 e. The Morgan fingerprint density at radius 3 is 2.27 bits per heavy atom. The van der Waals surface area contributed by atoms with Crippen molar-refractivity contribution in [1.82, 2.24) is 4.90 Å². The fourth-order valence-electron chi connectivity index (χ4n) is 4.00. The Hall–Kier alpha value is -2.00. The monoisotopic (exact) mass is 437 g/mol. The van der Waals surface area contributed by atoms with Gasteiger partial charge in [0.2, 0.25) is 0 Å². The summed E-state index contributed by atoms with van der Waals surface area (Å²) in [5.74, 6) is -0.217. The van der Waals surface area contributed by atoms with Crippen LogP contribution in [0.25, 0.3) is 0 Å². The van der Waals surface area contributed by atoms with Gasteiger partial charge in [-0.05, 0) is 67.6 Å². The van der Waals surface area contributed by atoms with Crippen LogP contribution in [0.15, 0.2) is 42.5 Å². The molecule has 0 aromatic heterocycles. The highest BCUT2D eigenvalue weighted by Gasteiger charge is 2.38. The van der Waals surface area contributed by atoms with Crippen molar-refractivity contribution >= 4 is 10.1 Å². The summed E-state index contributed by atoms with van der Waals surface area (Å²) in [6.07, 6.45) is 1.13. The molecule has 0 unspecified atom stereocenters. The van der Waals surface area contributed by atoms with E-state index in [1.54, 1.807) is 31.2 Å². The van der Waals surface area contributed by atoms with Crippen LogP contribution in [0.3, 0.4) is 0 Å². The summed E-state index contributed by atoms with van der Waals surface area (Å²) in [5.41, 5.74) is 0.912. The smallest absolute Gasteiger partial charge is 0.265 e. The molecule has 0 radical (unpaired) electrons. The van der Waals surface area contributed by atoms with Crippen molar-refractivity contribution in [3.8, 4) is 5.75 Å². The Kier molecular flexibility index (Phi) is 6.52. The third-order valence-corrected chi connectivity index (χ3v) is 6.41. The second kappa shape index (κ2) is 8.63. The van der Waals surface area contributed by atoms with Gasteiger partial charge in [-0.15, -0.1) is 0 Å². The maximum absolute atomic E-state index is 13.2. The Balaban J connectivity index is 1.79. The van der Waals surface area contributed by atoms with Gasteiger partial charge in [0.05, 0.1) is 11.9 Å². The normalized spacial score (nSPS) is 19.4. The molecule has 0 bridgehead atoms. The number of hydrogen-bond acceptors (Lipinski definition) is 6. The van der Waals surface area contributed by atoms with Crippen LogP contribution in [0, 0.1) is 12.7 Å². The molecular formula is C22H28FNO5S. The average Bonchev–Trinajstić information content (AvgIpc) is 2.68. The molecule has 2 N–H and O–H groups in total. The lowest BCUT2D eigenvalue weighted by atomic mass is 9.83. The first-order valence-electron chi connectivity index (χ1n) is 9.89. The zero-order valence-electron chi connectivity index (χ0n) is 17.4. The zero-order chi connectivity index (χ0) is 22.1.